The molecule has 8 nitrogen and oxygen atoms in total. The Morgan fingerprint density at radius 3 is 2.78 bits per heavy atom. The number of ether oxygens (including phenoxy) is 2. The number of aromatic nitrogens is 2. The molecule has 9 heteroatoms. The standard InChI is InChI=1S/C14H15N3O5S/c1-3-22-14(20)17-8-6-9(13(19)21-2)23-10(8)11(16-17)15-12(18)7-4-5-7/h6-7H,3-5H2,1-2H3,(H,15,16,18). The number of fused-ring (bicyclic) bond motifs is 1. The number of esters is 1. The van der Waals surface area contributed by atoms with Crippen molar-refractivity contribution < 1.29 is 23.9 Å². The minimum absolute atomic E-state index is 0.00201. The van der Waals surface area contributed by atoms with Gasteiger partial charge in [0.1, 0.15) is 4.88 Å². The molecule has 1 fully saturated rings. The van der Waals surface area contributed by atoms with E-state index >= 15 is 0 Å². The number of anilines is 1. The molecule has 2 heterocycles. The molecule has 0 aromatic carbocycles. The lowest BCUT2D eigenvalue weighted by atomic mass is 10.4. The van der Waals surface area contributed by atoms with Gasteiger partial charge in [-0.25, -0.2) is 9.59 Å². The van der Waals surface area contributed by atoms with E-state index in [1.807, 2.05) is 0 Å². The fourth-order valence-electron chi connectivity index (χ4n) is 2.08. The maximum absolute atomic E-state index is 12.0. The van der Waals surface area contributed by atoms with Crippen molar-refractivity contribution in [2.45, 2.75) is 19.8 Å². The van der Waals surface area contributed by atoms with Crippen LogP contribution in [-0.4, -0.2) is 41.5 Å². The third kappa shape index (κ3) is 2.91. The van der Waals surface area contributed by atoms with Crippen molar-refractivity contribution in [1.29, 1.82) is 0 Å². The van der Waals surface area contributed by atoms with Crippen LogP contribution in [0.1, 0.15) is 29.4 Å². The van der Waals surface area contributed by atoms with Crippen LogP contribution in [0.15, 0.2) is 6.07 Å². The summed E-state index contributed by atoms with van der Waals surface area (Å²) in [6.45, 7) is 1.87. The summed E-state index contributed by atoms with van der Waals surface area (Å²) < 4.78 is 11.2. The van der Waals surface area contributed by atoms with Gasteiger partial charge >= 0.3 is 12.1 Å². The van der Waals surface area contributed by atoms with Gasteiger partial charge in [0.05, 0.1) is 23.9 Å². The molecule has 1 amide bonds. The SMILES string of the molecule is CCOC(=O)n1nc(NC(=O)C2CC2)c2sc(C(=O)OC)cc21. The van der Waals surface area contributed by atoms with E-state index in [-0.39, 0.29) is 24.2 Å². The molecule has 2 aromatic rings. The van der Waals surface area contributed by atoms with Crippen LogP contribution in [0.3, 0.4) is 0 Å². The number of nitrogens with one attached hydrogen (secondary N) is 1. The molecule has 0 radical (unpaired) electrons. The van der Waals surface area contributed by atoms with Gasteiger partial charge in [0, 0.05) is 5.92 Å². The summed E-state index contributed by atoms with van der Waals surface area (Å²) in [5, 5.41) is 6.83. The van der Waals surface area contributed by atoms with Gasteiger partial charge in [0.25, 0.3) is 0 Å². The molecule has 3 rings (SSSR count). The Morgan fingerprint density at radius 1 is 1.43 bits per heavy atom. The summed E-state index contributed by atoms with van der Waals surface area (Å²) in [6.07, 6.45) is 1.04. The van der Waals surface area contributed by atoms with Crippen LogP contribution >= 0.6 is 11.3 Å². The number of hydrogen-bond acceptors (Lipinski definition) is 7. The monoisotopic (exact) mass is 337 g/mol. The van der Waals surface area contributed by atoms with Crippen molar-refractivity contribution in [3.8, 4) is 0 Å². The number of carbonyl (C=O) groups is 3. The highest BCUT2D eigenvalue weighted by Gasteiger charge is 2.31. The van der Waals surface area contributed by atoms with Gasteiger partial charge in [-0.2, -0.15) is 4.68 Å². The summed E-state index contributed by atoms with van der Waals surface area (Å²) in [5.74, 6) is -0.391. The van der Waals surface area contributed by atoms with Crippen LogP contribution in [0.2, 0.25) is 0 Å². The smallest absolute Gasteiger partial charge is 0.435 e. The van der Waals surface area contributed by atoms with Crippen LogP contribution in [-0.2, 0) is 14.3 Å². The number of rotatable bonds is 4. The van der Waals surface area contributed by atoms with Crippen molar-refractivity contribution in [3.63, 3.8) is 0 Å². The molecule has 2 aromatic heterocycles. The first kappa shape index (κ1) is 15.5. The molecule has 0 aliphatic heterocycles. The van der Waals surface area contributed by atoms with Crippen molar-refractivity contribution in [2.24, 2.45) is 5.92 Å². The molecule has 122 valence electrons. The predicted octanol–water partition coefficient (Wildman–Crippen LogP) is 2.24. The number of amides is 1. The molecule has 1 N–H and O–H groups in total. The van der Waals surface area contributed by atoms with Gasteiger partial charge < -0.3 is 14.8 Å². The Morgan fingerprint density at radius 2 is 2.17 bits per heavy atom. The van der Waals surface area contributed by atoms with Crippen LogP contribution in [0, 0.1) is 5.92 Å². The molecule has 1 aliphatic carbocycles. The van der Waals surface area contributed by atoms with Crippen molar-refractivity contribution in [3.05, 3.63) is 10.9 Å². The highest BCUT2D eigenvalue weighted by Crippen LogP contribution is 2.35. The Balaban J connectivity index is 2.03. The first-order valence-electron chi connectivity index (χ1n) is 7.14. The highest BCUT2D eigenvalue weighted by atomic mass is 32.1. The molecular formula is C14H15N3O5S. The molecule has 1 saturated carbocycles. The number of hydrogen-bond donors (Lipinski definition) is 1. The van der Waals surface area contributed by atoms with E-state index in [1.165, 1.54) is 13.2 Å². The number of thiophene rings is 1. The molecule has 23 heavy (non-hydrogen) atoms. The predicted molar refractivity (Wildman–Crippen MR) is 82.7 cm³/mol. The lowest BCUT2D eigenvalue weighted by Gasteiger charge is -2.02. The summed E-state index contributed by atoms with van der Waals surface area (Å²) >= 11 is 1.11. The first-order chi connectivity index (χ1) is 11.0. The van der Waals surface area contributed by atoms with Gasteiger partial charge in [-0.3, -0.25) is 4.79 Å². The van der Waals surface area contributed by atoms with E-state index in [0.717, 1.165) is 28.9 Å². The largest absolute Gasteiger partial charge is 0.465 e. The van der Waals surface area contributed by atoms with E-state index < -0.39 is 12.1 Å². The Labute approximate surface area is 135 Å². The second-order valence-electron chi connectivity index (χ2n) is 5.04. The maximum atomic E-state index is 12.0. The average Bonchev–Trinajstić information content (AvgIpc) is 3.21. The quantitative estimate of drug-likeness (QED) is 0.859. The van der Waals surface area contributed by atoms with E-state index in [1.54, 1.807) is 6.92 Å². The van der Waals surface area contributed by atoms with Gasteiger partial charge in [-0.05, 0) is 25.8 Å². The lowest BCUT2D eigenvalue weighted by molar-refractivity contribution is -0.117. The van der Waals surface area contributed by atoms with E-state index in [4.69, 9.17) is 9.47 Å². The number of methoxy groups -OCH3 is 1. The zero-order valence-corrected chi connectivity index (χ0v) is 13.4. The molecule has 0 unspecified atom stereocenters. The summed E-state index contributed by atoms with van der Waals surface area (Å²) in [7, 11) is 1.28. The lowest BCUT2D eigenvalue weighted by Crippen LogP contribution is -2.17. The van der Waals surface area contributed by atoms with Crippen molar-refractivity contribution in [2.75, 3.05) is 19.0 Å². The van der Waals surface area contributed by atoms with E-state index in [9.17, 15) is 14.4 Å². The minimum atomic E-state index is -0.668. The normalized spacial score (nSPS) is 13.8. The number of nitrogens with zero attached hydrogens (tertiary/aromatic N) is 2. The van der Waals surface area contributed by atoms with E-state index in [2.05, 4.69) is 10.4 Å². The minimum Gasteiger partial charge on any atom is -0.465 e. The first-order valence-corrected chi connectivity index (χ1v) is 7.95. The van der Waals surface area contributed by atoms with Gasteiger partial charge in [-0.1, -0.05) is 0 Å². The molecular weight excluding hydrogens is 322 g/mol. The van der Waals surface area contributed by atoms with Crippen LogP contribution in [0.5, 0.6) is 0 Å². The highest BCUT2D eigenvalue weighted by molar-refractivity contribution is 7.21. The summed E-state index contributed by atoms with van der Waals surface area (Å²) in [6, 6.07) is 1.50. The zero-order chi connectivity index (χ0) is 16.6. The number of carbonyl (C=O) groups excluding carboxylic acids is 3. The van der Waals surface area contributed by atoms with Crippen LogP contribution < -0.4 is 5.32 Å². The maximum Gasteiger partial charge on any atom is 0.435 e. The van der Waals surface area contributed by atoms with Gasteiger partial charge in [-0.15, -0.1) is 16.4 Å². The van der Waals surface area contributed by atoms with Gasteiger partial charge in [0.15, 0.2) is 5.82 Å². The fourth-order valence-corrected chi connectivity index (χ4v) is 3.07. The third-order valence-corrected chi connectivity index (χ3v) is 4.48. The zero-order valence-electron chi connectivity index (χ0n) is 12.6. The molecule has 1 aliphatic rings. The van der Waals surface area contributed by atoms with Crippen LogP contribution in [0.4, 0.5) is 10.6 Å². The summed E-state index contributed by atoms with van der Waals surface area (Å²) in [5.41, 5.74) is 0.403. The Bertz CT molecular complexity index is 790. The van der Waals surface area contributed by atoms with Crippen LogP contribution in [0.25, 0.3) is 10.2 Å². The summed E-state index contributed by atoms with van der Waals surface area (Å²) in [4.78, 5) is 36.0. The average molecular weight is 337 g/mol. The molecule has 0 atom stereocenters. The van der Waals surface area contributed by atoms with Gasteiger partial charge in [0.2, 0.25) is 5.91 Å². The van der Waals surface area contributed by atoms with E-state index in [0.29, 0.717) is 15.1 Å². The van der Waals surface area contributed by atoms with Crippen molar-refractivity contribution >= 4 is 45.3 Å². The Hall–Kier alpha value is -2.42. The second-order valence-corrected chi connectivity index (χ2v) is 6.09. The molecule has 0 saturated heterocycles. The second kappa shape index (κ2) is 5.99. The third-order valence-electron chi connectivity index (χ3n) is 3.37. The van der Waals surface area contributed by atoms with Crippen molar-refractivity contribution in [1.82, 2.24) is 9.78 Å². The Kier molecular flexibility index (Phi) is 4.03. The topological polar surface area (TPSA) is 99.5 Å². The fraction of sp³-hybridized carbons (Fsp3) is 0.429. The molecule has 0 bridgehead atoms. The molecule has 0 spiro atoms.